The van der Waals surface area contributed by atoms with Gasteiger partial charge in [0.15, 0.2) is 0 Å². The predicted octanol–water partition coefficient (Wildman–Crippen LogP) is 5.07. The Morgan fingerprint density at radius 3 is 1.82 bits per heavy atom. The number of benzene rings is 1. The van der Waals surface area contributed by atoms with E-state index in [0.29, 0.717) is 5.71 Å². The van der Waals surface area contributed by atoms with Gasteiger partial charge < -0.3 is 5.41 Å². The SMILES string of the molecule is CC(=N)c1ccc(C)cc1.CCC(C)C(C)C. The molecule has 1 N–H and O–H groups in total. The fourth-order valence-corrected chi connectivity index (χ4v) is 1.27. The molecule has 17 heavy (non-hydrogen) atoms. The topological polar surface area (TPSA) is 23.9 Å². The highest BCUT2D eigenvalue weighted by Gasteiger charge is 2.01. The summed E-state index contributed by atoms with van der Waals surface area (Å²) in [7, 11) is 0. The van der Waals surface area contributed by atoms with E-state index in [1.165, 1.54) is 12.0 Å². The zero-order valence-electron chi connectivity index (χ0n) is 12.2. The molecule has 1 rings (SSSR count). The van der Waals surface area contributed by atoms with Crippen LogP contribution in [-0.2, 0) is 0 Å². The summed E-state index contributed by atoms with van der Waals surface area (Å²) in [4.78, 5) is 0. The van der Waals surface area contributed by atoms with E-state index in [-0.39, 0.29) is 0 Å². The average Bonchev–Trinajstić information content (AvgIpc) is 2.29. The van der Waals surface area contributed by atoms with Crippen molar-refractivity contribution in [1.29, 1.82) is 5.41 Å². The summed E-state index contributed by atoms with van der Waals surface area (Å²) in [6.45, 7) is 12.9. The van der Waals surface area contributed by atoms with E-state index in [9.17, 15) is 0 Å². The van der Waals surface area contributed by atoms with Crippen LogP contribution in [0.3, 0.4) is 0 Å². The van der Waals surface area contributed by atoms with Crippen LogP contribution in [0.4, 0.5) is 0 Å². The monoisotopic (exact) mass is 233 g/mol. The fraction of sp³-hybridized carbons (Fsp3) is 0.562. The molecular weight excluding hydrogens is 206 g/mol. The van der Waals surface area contributed by atoms with Crippen LogP contribution in [0.1, 0.15) is 52.2 Å². The second kappa shape index (κ2) is 8.05. The van der Waals surface area contributed by atoms with Gasteiger partial charge in [-0.15, -0.1) is 0 Å². The lowest BCUT2D eigenvalue weighted by atomic mass is 9.96. The van der Waals surface area contributed by atoms with E-state index < -0.39 is 0 Å². The Kier molecular flexibility index (Phi) is 7.53. The summed E-state index contributed by atoms with van der Waals surface area (Å²) < 4.78 is 0. The van der Waals surface area contributed by atoms with Gasteiger partial charge in [-0.25, -0.2) is 0 Å². The van der Waals surface area contributed by atoms with Crippen LogP contribution in [0.5, 0.6) is 0 Å². The largest absolute Gasteiger partial charge is 0.305 e. The first-order chi connectivity index (χ1) is 7.88. The molecule has 0 aliphatic rings. The van der Waals surface area contributed by atoms with Crippen molar-refractivity contribution in [1.82, 2.24) is 0 Å². The van der Waals surface area contributed by atoms with Crippen LogP contribution >= 0.6 is 0 Å². The van der Waals surface area contributed by atoms with Crippen molar-refractivity contribution in [2.45, 2.75) is 48.0 Å². The summed E-state index contributed by atoms with van der Waals surface area (Å²) >= 11 is 0. The van der Waals surface area contributed by atoms with Gasteiger partial charge in [-0.05, 0) is 31.2 Å². The molecule has 0 spiro atoms. The van der Waals surface area contributed by atoms with Gasteiger partial charge in [-0.1, -0.05) is 63.9 Å². The maximum Gasteiger partial charge on any atom is 0.0355 e. The molecule has 0 aromatic heterocycles. The first-order valence-electron chi connectivity index (χ1n) is 6.50. The second-order valence-corrected chi connectivity index (χ2v) is 5.12. The van der Waals surface area contributed by atoms with Gasteiger partial charge in [0.25, 0.3) is 0 Å². The van der Waals surface area contributed by atoms with E-state index in [1.807, 2.05) is 31.2 Å². The van der Waals surface area contributed by atoms with Crippen molar-refractivity contribution in [3.63, 3.8) is 0 Å². The minimum absolute atomic E-state index is 0.625. The molecule has 0 bridgehead atoms. The molecule has 1 heteroatoms. The molecule has 0 fully saturated rings. The molecule has 0 saturated heterocycles. The maximum atomic E-state index is 7.31. The number of nitrogens with one attached hydrogen (secondary N) is 1. The third-order valence-electron chi connectivity index (χ3n) is 3.27. The smallest absolute Gasteiger partial charge is 0.0355 e. The Hall–Kier alpha value is -1.11. The van der Waals surface area contributed by atoms with Crippen LogP contribution in [0.25, 0.3) is 0 Å². The number of aryl methyl sites for hydroxylation is 1. The molecule has 1 atom stereocenters. The quantitative estimate of drug-likeness (QED) is 0.705. The Morgan fingerprint density at radius 2 is 1.59 bits per heavy atom. The summed E-state index contributed by atoms with van der Waals surface area (Å²) in [6, 6.07) is 7.98. The van der Waals surface area contributed by atoms with Crippen molar-refractivity contribution in [2.75, 3.05) is 0 Å². The normalized spacial score (nSPS) is 11.7. The maximum absolute atomic E-state index is 7.31. The number of hydrogen-bond donors (Lipinski definition) is 1. The Labute approximate surface area is 107 Å². The zero-order chi connectivity index (χ0) is 13.4. The predicted molar refractivity (Wildman–Crippen MR) is 78.0 cm³/mol. The molecule has 1 nitrogen and oxygen atoms in total. The van der Waals surface area contributed by atoms with E-state index in [0.717, 1.165) is 17.4 Å². The van der Waals surface area contributed by atoms with Gasteiger partial charge in [-0.2, -0.15) is 0 Å². The zero-order valence-corrected chi connectivity index (χ0v) is 12.2. The number of hydrogen-bond acceptors (Lipinski definition) is 1. The minimum atomic E-state index is 0.625. The van der Waals surface area contributed by atoms with Crippen molar-refractivity contribution < 1.29 is 0 Å². The summed E-state index contributed by atoms with van der Waals surface area (Å²) in [5, 5.41) is 7.31. The first kappa shape index (κ1) is 15.9. The van der Waals surface area contributed by atoms with Gasteiger partial charge in [0.2, 0.25) is 0 Å². The lowest BCUT2D eigenvalue weighted by Gasteiger charge is -2.10. The Bertz CT molecular complexity index is 322. The second-order valence-electron chi connectivity index (χ2n) is 5.12. The van der Waals surface area contributed by atoms with Crippen molar-refractivity contribution in [3.8, 4) is 0 Å². The molecule has 0 aliphatic heterocycles. The third kappa shape index (κ3) is 6.93. The minimum Gasteiger partial charge on any atom is -0.305 e. The van der Waals surface area contributed by atoms with E-state index in [1.54, 1.807) is 6.92 Å². The molecule has 1 unspecified atom stereocenters. The van der Waals surface area contributed by atoms with Gasteiger partial charge in [0.05, 0.1) is 0 Å². The van der Waals surface area contributed by atoms with Gasteiger partial charge >= 0.3 is 0 Å². The highest BCUT2D eigenvalue weighted by molar-refractivity contribution is 5.96. The molecule has 0 amide bonds. The highest BCUT2D eigenvalue weighted by Crippen LogP contribution is 2.11. The van der Waals surface area contributed by atoms with E-state index in [4.69, 9.17) is 5.41 Å². The van der Waals surface area contributed by atoms with Crippen LogP contribution in [0, 0.1) is 24.2 Å². The highest BCUT2D eigenvalue weighted by atomic mass is 14.4. The lowest BCUT2D eigenvalue weighted by molar-refractivity contribution is 0.407. The van der Waals surface area contributed by atoms with Gasteiger partial charge in [-0.3, -0.25) is 0 Å². The molecule has 0 saturated carbocycles. The van der Waals surface area contributed by atoms with E-state index >= 15 is 0 Å². The fourth-order valence-electron chi connectivity index (χ4n) is 1.27. The van der Waals surface area contributed by atoms with Crippen molar-refractivity contribution in [2.24, 2.45) is 11.8 Å². The van der Waals surface area contributed by atoms with Crippen LogP contribution in [-0.4, -0.2) is 5.71 Å². The standard InChI is InChI=1S/C9H11N.C7H16/c1-7-3-5-9(6-4-7)8(2)10;1-5-7(4)6(2)3/h3-6,10H,1-2H3;6-7H,5H2,1-4H3. The molecule has 0 heterocycles. The average molecular weight is 233 g/mol. The first-order valence-corrected chi connectivity index (χ1v) is 6.50. The van der Waals surface area contributed by atoms with Crippen LogP contribution < -0.4 is 0 Å². The van der Waals surface area contributed by atoms with Crippen LogP contribution in [0.2, 0.25) is 0 Å². The van der Waals surface area contributed by atoms with Crippen molar-refractivity contribution in [3.05, 3.63) is 35.4 Å². The van der Waals surface area contributed by atoms with Gasteiger partial charge in [0.1, 0.15) is 0 Å². The van der Waals surface area contributed by atoms with E-state index in [2.05, 4.69) is 27.7 Å². The number of rotatable bonds is 3. The molecular formula is C16H27N. The van der Waals surface area contributed by atoms with Gasteiger partial charge in [0, 0.05) is 5.71 Å². The summed E-state index contributed by atoms with van der Waals surface area (Å²) in [5.41, 5.74) is 2.87. The molecule has 1 aromatic carbocycles. The molecule has 96 valence electrons. The van der Waals surface area contributed by atoms with Crippen molar-refractivity contribution >= 4 is 5.71 Å². The molecule has 1 aromatic rings. The Morgan fingerprint density at radius 1 is 1.12 bits per heavy atom. The summed E-state index contributed by atoms with van der Waals surface area (Å²) in [6.07, 6.45) is 1.32. The lowest BCUT2D eigenvalue weighted by Crippen LogP contribution is -2.00. The summed E-state index contributed by atoms with van der Waals surface area (Å²) in [5.74, 6) is 1.77. The molecule has 0 aliphatic carbocycles. The molecule has 0 radical (unpaired) electrons. The third-order valence-corrected chi connectivity index (χ3v) is 3.27. The van der Waals surface area contributed by atoms with Crippen LogP contribution in [0.15, 0.2) is 24.3 Å². The Balaban J connectivity index is 0.000000325.